The maximum Gasteiger partial charge on any atom is 0.227 e. The molecule has 1 aliphatic heterocycles. The summed E-state index contributed by atoms with van der Waals surface area (Å²) in [4.78, 5) is 27.4. The number of rotatable bonds is 9. The van der Waals surface area contributed by atoms with E-state index in [0.717, 1.165) is 5.56 Å². The third-order valence-electron chi connectivity index (χ3n) is 6.38. The summed E-state index contributed by atoms with van der Waals surface area (Å²) in [6.07, 6.45) is 1.00. The van der Waals surface area contributed by atoms with Crippen LogP contribution >= 0.6 is 0 Å². The van der Waals surface area contributed by atoms with Crippen LogP contribution < -0.4 is 20.2 Å². The highest BCUT2D eigenvalue weighted by atomic mass is 16.5. The van der Waals surface area contributed by atoms with Crippen LogP contribution in [0.15, 0.2) is 33.5 Å². The minimum Gasteiger partial charge on any atom is -0.502 e. The van der Waals surface area contributed by atoms with Gasteiger partial charge in [-0.3, -0.25) is 9.59 Å². The molecule has 0 aliphatic carbocycles. The van der Waals surface area contributed by atoms with Gasteiger partial charge in [0, 0.05) is 37.7 Å². The number of aromatic hydroxyl groups is 1. The molecule has 0 bridgehead atoms. The van der Waals surface area contributed by atoms with Crippen LogP contribution in [0.2, 0.25) is 0 Å². The summed E-state index contributed by atoms with van der Waals surface area (Å²) in [5.41, 5.74) is -0.355. The van der Waals surface area contributed by atoms with E-state index in [1.807, 2.05) is 37.2 Å². The minimum absolute atomic E-state index is 0.0718. The van der Waals surface area contributed by atoms with E-state index in [-0.39, 0.29) is 24.1 Å². The van der Waals surface area contributed by atoms with Crippen molar-refractivity contribution >= 4 is 5.91 Å². The molecule has 1 unspecified atom stereocenters. The van der Waals surface area contributed by atoms with Gasteiger partial charge in [-0.05, 0) is 51.6 Å². The highest BCUT2D eigenvalue weighted by Gasteiger charge is 2.42. The van der Waals surface area contributed by atoms with E-state index < -0.39 is 16.6 Å². The first-order valence-corrected chi connectivity index (χ1v) is 11.3. The maximum absolute atomic E-state index is 13.1. The van der Waals surface area contributed by atoms with Crippen LogP contribution in [0, 0.1) is 6.92 Å². The molecule has 1 atom stereocenters. The number of likely N-dealkylation sites (N-methyl/N-ethyl adjacent to an activating group) is 1. The lowest BCUT2D eigenvalue weighted by atomic mass is 9.74. The van der Waals surface area contributed by atoms with E-state index in [1.54, 1.807) is 21.1 Å². The van der Waals surface area contributed by atoms with E-state index in [0.29, 0.717) is 49.9 Å². The largest absolute Gasteiger partial charge is 0.502 e. The Morgan fingerprint density at radius 3 is 2.47 bits per heavy atom. The van der Waals surface area contributed by atoms with Crippen molar-refractivity contribution in [3.05, 3.63) is 51.6 Å². The fraction of sp³-hybridized carbons (Fsp3) is 0.520. The Bertz CT molecular complexity index is 1060. The molecule has 1 amide bonds. The van der Waals surface area contributed by atoms with E-state index in [9.17, 15) is 14.7 Å². The third kappa shape index (κ3) is 5.53. The fourth-order valence-electron chi connectivity index (χ4n) is 4.45. The molecule has 0 spiro atoms. The smallest absolute Gasteiger partial charge is 0.227 e. The predicted octanol–water partition coefficient (Wildman–Crippen LogP) is 2.53. The van der Waals surface area contributed by atoms with Gasteiger partial charge in [-0.25, -0.2) is 0 Å². The van der Waals surface area contributed by atoms with Gasteiger partial charge in [0.2, 0.25) is 17.1 Å². The summed E-state index contributed by atoms with van der Waals surface area (Å²) in [5.74, 6) is 1.18. The zero-order valence-electron chi connectivity index (χ0n) is 20.5. The SMILES string of the molecule is COc1ccc(C(CNC(=O)CC2(c3oc(C)cc(=O)c3O)CCOCC2)N(C)C)cc1OC. The van der Waals surface area contributed by atoms with Gasteiger partial charge in [-0.2, -0.15) is 0 Å². The summed E-state index contributed by atoms with van der Waals surface area (Å²) < 4.78 is 22.0. The monoisotopic (exact) mass is 474 g/mol. The van der Waals surface area contributed by atoms with Gasteiger partial charge < -0.3 is 34.0 Å². The molecule has 1 aromatic heterocycles. The molecule has 1 aliphatic rings. The van der Waals surface area contributed by atoms with Crippen LogP contribution in [-0.2, 0) is 14.9 Å². The van der Waals surface area contributed by atoms with E-state index >= 15 is 0 Å². The van der Waals surface area contributed by atoms with E-state index in [1.165, 1.54) is 6.07 Å². The Labute approximate surface area is 199 Å². The summed E-state index contributed by atoms with van der Waals surface area (Å²) in [5, 5.41) is 13.5. The van der Waals surface area contributed by atoms with E-state index in [4.69, 9.17) is 18.6 Å². The summed E-state index contributed by atoms with van der Waals surface area (Å²) in [6.45, 7) is 2.84. The van der Waals surface area contributed by atoms with Crippen LogP contribution in [0.4, 0.5) is 0 Å². The Hall–Kier alpha value is -3.04. The van der Waals surface area contributed by atoms with Crippen molar-refractivity contribution in [2.24, 2.45) is 0 Å². The van der Waals surface area contributed by atoms with Gasteiger partial charge in [0.05, 0.1) is 20.3 Å². The first-order chi connectivity index (χ1) is 16.2. The number of aryl methyl sites for hydroxylation is 1. The minimum atomic E-state index is -0.811. The van der Waals surface area contributed by atoms with Gasteiger partial charge in [-0.1, -0.05) is 6.07 Å². The Balaban J connectivity index is 1.80. The molecule has 2 N–H and O–H groups in total. The molecule has 0 saturated carbocycles. The molecular formula is C25H34N2O7. The molecule has 3 rings (SSSR count). The van der Waals surface area contributed by atoms with Gasteiger partial charge in [0.25, 0.3) is 0 Å². The number of ether oxygens (including phenoxy) is 3. The molecule has 9 heteroatoms. The quantitative estimate of drug-likeness (QED) is 0.571. The number of nitrogens with one attached hydrogen (secondary N) is 1. The number of hydrogen-bond donors (Lipinski definition) is 2. The molecule has 9 nitrogen and oxygen atoms in total. The molecule has 186 valence electrons. The zero-order valence-corrected chi connectivity index (χ0v) is 20.5. The number of methoxy groups -OCH3 is 2. The van der Waals surface area contributed by atoms with Crippen LogP contribution in [0.3, 0.4) is 0 Å². The standard InChI is InChI=1S/C25H34N2O7/c1-16-12-19(28)23(30)24(34-16)25(8-10-33-11-9-25)14-22(29)26-15-18(27(2)3)17-6-7-20(31-4)21(13-17)32-5/h6-7,12-13,18,30H,8-11,14-15H2,1-5H3,(H,26,29). The molecule has 34 heavy (non-hydrogen) atoms. The van der Waals surface area contributed by atoms with Crippen LogP contribution in [-0.4, -0.2) is 64.0 Å². The third-order valence-corrected chi connectivity index (χ3v) is 6.38. The first kappa shape index (κ1) is 25.6. The number of carbonyl (C=O) groups excluding carboxylic acids is 1. The van der Waals surface area contributed by atoms with Gasteiger partial charge in [0.1, 0.15) is 5.76 Å². The molecular weight excluding hydrogens is 440 g/mol. The Morgan fingerprint density at radius 2 is 1.85 bits per heavy atom. The second kappa shape index (κ2) is 10.9. The van der Waals surface area contributed by atoms with Crippen molar-refractivity contribution in [2.45, 2.75) is 37.6 Å². The van der Waals surface area contributed by atoms with Gasteiger partial charge >= 0.3 is 0 Å². The Morgan fingerprint density at radius 1 is 1.18 bits per heavy atom. The topological polar surface area (TPSA) is 110 Å². The fourth-order valence-corrected chi connectivity index (χ4v) is 4.45. The molecule has 2 aromatic rings. The van der Waals surface area contributed by atoms with Crippen molar-refractivity contribution in [3.8, 4) is 17.2 Å². The van der Waals surface area contributed by atoms with Crippen LogP contribution in [0.5, 0.6) is 17.2 Å². The van der Waals surface area contributed by atoms with Crippen molar-refractivity contribution < 1.29 is 28.5 Å². The van der Waals surface area contributed by atoms with Gasteiger partial charge in [-0.15, -0.1) is 0 Å². The number of amides is 1. The second-order valence-electron chi connectivity index (χ2n) is 8.87. The predicted molar refractivity (Wildman–Crippen MR) is 127 cm³/mol. The molecule has 0 radical (unpaired) electrons. The molecule has 1 aromatic carbocycles. The number of benzene rings is 1. The van der Waals surface area contributed by atoms with Crippen LogP contribution in [0.1, 0.15) is 42.4 Å². The summed E-state index contributed by atoms with van der Waals surface area (Å²) in [6, 6.07) is 6.81. The highest BCUT2D eigenvalue weighted by Crippen LogP contribution is 2.41. The average molecular weight is 475 g/mol. The van der Waals surface area contributed by atoms with Gasteiger partial charge in [0.15, 0.2) is 17.3 Å². The molecule has 2 heterocycles. The summed E-state index contributed by atoms with van der Waals surface area (Å²) in [7, 11) is 7.04. The van der Waals surface area contributed by atoms with Crippen molar-refractivity contribution in [2.75, 3.05) is 48.1 Å². The Kier molecular flexibility index (Phi) is 8.22. The molecule has 1 saturated heterocycles. The number of hydrogen-bond acceptors (Lipinski definition) is 8. The number of carbonyl (C=O) groups is 1. The molecule has 1 fully saturated rings. The average Bonchev–Trinajstić information content (AvgIpc) is 2.81. The first-order valence-electron chi connectivity index (χ1n) is 11.3. The van der Waals surface area contributed by atoms with Crippen LogP contribution in [0.25, 0.3) is 0 Å². The second-order valence-corrected chi connectivity index (χ2v) is 8.87. The normalized spacial score (nSPS) is 16.2. The number of nitrogens with zero attached hydrogens (tertiary/aromatic N) is 1. The van der Waals surface area contributed by atoms with Crippen molar-refractivity contribution in [1.82, 2.24) is 10.2 Å². The maximum atomic E-state index is 13.1. The van der Waals surface area contributed by atoms with Crippen molar-refractivity contribution in [3.63, 3.8) is 0 Å². The highest BCUT2D eigenvalue weighted by molar-refractivity contribution is 5.77. The van der Waals surface area contributed by atoms with E-state index in [2.05, 4.69) is 5.32 Å². The lowest BCUT2D eigenvalue weighted by molar-refractivity contribution is -0.123. The lowest BCUT2D eigenvalue weighted by Gasteiger charge is -2.36. The lowest BCUT2D eigenvalue weighted by Crippen LogP contribution is -2.42. The summed E-state index contributed by atoms with van der Waals surface area (Å²) >= 11 is 0. The zero-order chi connectivity index (χ0) is 24.9. The van der Waals surface area contributed by atoms with Crippen molar-refractivity contribution in [1.29, 1.82) is 0 Å².